The van der Waals surface area contributed by atoms with E-state index in [9.17, 15) is 9.59 Å². The van der Waals surface area contributed by atoms with Crippen LogP contribution in [0.2, 0.25) is 0 Å². The summed E-state index contributed by atoms with van der Waals surface area (Å²) in [7, 11) is 3.16. The number of methoxy groups -OCH3 is 2. The Morgan fingerprint density at radius 2 is 1.18 bits per heavy atom. The fraction of sp³-hybridized carbons (Fsp3) is 0.517. The minimum Gasteiger partial charge on any atom is -0.493 e. The molecule has 2 fully saturated rings. The van der Waals surface area contributed by atoms with E-state index in [-0.39, 0.29) is 23.9 Å². The van der Waals surface area contributed by atoms with Crippen LogP contribution in [-0.2, 0) is 0 Å². The van der Waals surface area contributed by atoms with Crippen molar-refractivity contribution in [2.24, 2.45) is 0 Å². The molecule has 4 heterocycles. The lowest BCUT2D eigenvalue weighted by molar-refractivity contribution is 0.0742. The number of fused-ring (bicyclic) bond motifs is 4. The van der Waals surface area contributed by atoms with Gasteiger partial charge in [-0.25, -0.2) is 0 Å². The molecule has 2 atom stereocenters. The molecule has 0 bridgehead atoms. The van der Waals surface area contributed by atoms with E-state index in [4.69, 9.17) is 18.9 Å². The molecule has 4 aliphatic rings. The monoisotopic (exact) mass is 536 g/mol. The van der Waals surface area contributed by atoms with Crippen LogP contribution in [0.25, 0.3) is 0 Å². The van der Waals surface area contributed by atoms with Crippen LogP contribution >= 0.6 is 0 Å². The number of benzene rings is 2. The van der Waals surface area contributed by atoms with Crippen LogP contribution in [0.1, 0.15) is 52.8 Å². The van der Waals surface area contributed by atoms with E-state index in [0.717, 1.165) is 63.2 Å². The predicted octanol–water partition coefficient (Wildman–Crippen LogP) is 3.61. The maximum absolute atomic E-state index is 13.1. The fourth-order valence-corrected chi connectivity index (χ4v) is 6.13. The summed E-state index contributed by atoms with van der Waals surface area (Å²) in [6.07, 6.45) is 4.74. The van der Waals surface area contributed by atoms with Gasteiger partial charge in [0, 0.05) is 56.8 Å². The zero-order chi connectivity index (χ0) is 26.9. The molecule has 2 N–H and O–H groups in total. The summed E-state index contributed by atoms with van der Waals surface area (Å²) in [5.41, 5.74) is 2.79. The Balaban J connectivity index is 1.09. The molecule has 39 heavy (non-hydrogen) atoms. The zero-order valence-electron chi connectivity index (χ0n) is 22.6. The Bertz CT molecular complexity index is 1170. The Morgan fingerprint density at radius 3 is 1.62 bits per heavy atom. The number of hydrogen-bond acceptors (Lipinski definition) is 8. The van der Waals surface area contributed by atoms with Crippen LogP contribution < -0.4 is 29.6 Å². The van der Waals surface area contributed by atoms with Gasteiger partial charge in [0.15, 0.2) is 23.0 Å². The average Bonchev–Trinajstić information content (AvgIpc) is 3.58. The number of amides is 2. The molecule has 2 aromatic rings. The van der Waals surface area contributed by atoms with Crippen molar-refractivity contribution in [3.63, 3.8) is 0 Å². The molecule has 2 saturated heterocycles. The molecule has 0 aromatic heterocycles. The van der Waals surface area contributed by atoms with E-state index < -0.39 is 0 Å². The highest BCUT2D eigenvalue weighted by Crippen LogP contribution is 2.38. The van der Waals surface area contributed by atoms with Gasteiger partial charge in [-0.3, -0.25) is 9.59 Å². The second-order valence-corrected chi connectivity index (χ2v) is 10.5. The van der Waals surface area contributed by atoms with Crippen molar-refractivity contribution in [1.29, 1.82) is 0 Å². The molecule has 0 aliphatic carbocycles. The summed E-state index contributed by atoms with van der Waals surface area (Å²) in [4.78, 5) is 30.1. The molecule has 0 saturated carbocycles. The smallest absolute Gasteiger partial charge is 0.256 e. The van der Waals surface area contributed by atoms with Gasteiger partial charge in [0.1, 0.15) is 0 Å². The average molecular weight is 537 g/mol. The topological polar surface area (TPSA) is 102 Å². The van der Waals surface area contributed by atoms with Gasteiger partial charge >= 0.3 is 0 Å². The van der Waals surface area contributed by atoms with Crippen molar-refractivity contribution in [3.8, 4) is 23.0 Å². The largest absolute Gasteiger partial charge is 0.493 e. The van der Waals surface area contributed by atoms with E-state index in [1.165, 1.54) is 0 Å². The summed E-state index contributed by atoms with van der Waals surface area (Å²) < 4.78 is 23.2. The third-order valence-corrected chi connectivity index (χ3v) is 8.20. The van der Waals surface area contributed by atoms with Crippen LogP contribution in [0.5, 0.6) is 23.0 Å². The summed E-state index contributed by atoms with van der Waals surface area (Å²) in [5, 5.41) is 6.86. The van der Waals surface area contributed by atoms with Gasteiger partial charge in [-0.2, -0.15) is 0 Å². The number of ether oxygens (including phenoxy) is 4. The van der Waals surface area contributed by atoms with Gasteiger partial charge < -0.3 is 39.4 Å². The van der Waals surface area contributed by atoms with Crippen LogP contribution in [0.3, 0.4) is 0 Å². The van der Waals surface area contributed by atoms with Crippen LogP contribution in [0.15, 0.2) is 24.3 Å². The van der Waals surface area contributed by atoms with Gasteiger partial charge in [0.2, 0.25) is 0 Å². The highest BCUT2D eigenvalue weighted by atomic mass is 16.5. The molecule has 6 rings (SSSR count). The van der Waals surface area contributed by atoms with Crippen molar-refractivity contribution in [3.05, 3.63) is 35.4 Å². The fourth-order valence-electron chi connectivity index (χ4n) is 6.13. The highest BCUT2D eigenvalue weighted by molar-refractivity contribution is 6.02. The normalized spacial score (nSPS) is 21.5. The molecule has 4 aliphatic heterocycles. The van der Waals surface area contributed by atoms with Crippen molar-refractivity contribution in [2.45, 2.75) is 44.2 Å². The molecule has 2 amide bonds. The van der Waals surface area contributed by atoms with Crippen molar-refractivity contribution < 1.29 is 28.5 Å². The first-order valence-electron chi connectivity index (χ1n) is 13.9. The molecular formula is C29H36N4O6. The van der Waals surface area contributed by atoms with E-state index in [1.807, 2.05) is 21.9 Å². The molecular weight excluding hydrogens is 500 g/mol. The lowest BCUT2D eigenvalue weighted by atomic mass is 10.1. The lowest BCUT2D eigenvalue weighted by Gasteiger charge is -2.21. The van der Waals surface area contributed by atoms with E-state index in [2.05, 4.69) is 10.6 Å². The summed E-state index contributed by atoms with van der Waals surface area (Å²) >= 11 is 0. The molecule has 208 valence electrons. The third kappa shape index (κ3) is 4.77. The van der Waals surface area contributed by atoms with Gasteiger partial charge in [0.25, 0.3) is 11.8 Å². The second kappa shape index (κ2) is 10.7. The molecule has 10 nitrogen and oxygen atoms in total. The summed E-state index contributed by atoms with van der Waals surface area (Å²) in [6, 6.07) is 7.73. The minimum atomic E-state index is 0.0436. The maximum Gasteiger partial charge on any atom is 0.256 e. The lowest BCUT2D eigenvalue weighted by Crippen LogP contribution is -2.36. The molecule has 0 unspecified atom stereocenters. The van der Waals surface area contributed by atoms with Crippen LogP contribution in [0.4, 0.5) is 11.4 Å². The Hall–Kier alpha value is -3.82. The number of rotatable bonds is 8. The quantitative estimate of drug-likeness (QED) is 0.494. The highest BCUT2D eigenvalue weighted by Gasteiger charge is 2.35. The van der Waals surface area contributed by atoms with E-state index >= 15 is 0 Å². The Morgan fingerprint density at radius 1 is 0.718 bits per heavy atom. The second-order valence-electron chi connectivity index (χ2n) is 10.5. The van der Waals surface area contributed by atoms with Crippen molar-refractivity contribution >= 4 is 23.2 Å². The zero-order valence-corrected chi connectivity index (χ0v) is 22.6. The maximum atomic E-state index is 13.1. The summed E-state index contributed by atoms with van der Waals surface area (Å²) in [6.45, 7) is 3.87. The predicted molar refractivity (Wildman–Crippen MR) is 147 cm³/mol. The summed E-state index contributed by atoms with van der Waals surface area (Å²) in [5.74, 6) is 2.33. The molecule has 0 spiro atoms. The van der Waals surface area contributed by atoms with Gasteiger partial charge in [0.05, 0.1) is 49.9 Å². The molecule has 10 heteroatoms. The molecule has 0 radical (unpaired) electrons. The van der Waals surface area contributed by atoms with Crippen molar-refractivity contribution in [2.75, 3.05) is 64.2 Å². The van der Waals surface area contributed by atoms with Crippen molar-refractivity contribution in [1.82, 2.24) is 9.80 Å². The van der Waals surface area contributed by atoms with Crippen LogP contribution in [-0.4, -0.2) is 87.3 Å². The third-order valence-electron chi connectivity index (χ3n) is 8.20. The first-order valence-corrected chi connectivity index (χ1v) is 13.9. The standard InChI is InChI=1S/C29H36N4O6/c1-36-24-12-20-22(30-16-18-6-3-8-32(18)28(20)34)14-26(24)38-10-5-11-39-27-15-23-21(13-25(27)37-2)29(35)33-9-4-7-19(33)17-31-23/h12-15,18-19,30-31H,3-11,16-17H2,1-2H3/t18-,19-/m0/s1. The minimum absolute atomic E-state index is 0.0436. The first-order chi connectivity index (χ1) is 19.1. The number of hydrogen-bond donors (Lipinski definition) is 2. The van der Waals surface area contributed by atoms with Crippen LogP contribution in [0, 0.1) is 0 Å². The van der Waals surface area contributed by atoms with Gasteiger partial charge in [-0.15, -0.1) is 0 Å². The Kier molecular flexibility index (Phi) is 7.01. The number of nitrogens with one attached hydrogen (secondary N) is 2. The van der Waals surface area contributed by atoms with E-state index in [1.54, 1.807) is 26.4 Å². The number of nitrogens with zero attached hydrogens (tertiary/aromatic N) is 2. The first kappa shape index (κ1) is 25.5. The number of carbonyl (C=O) groups is 2. The number of anilines is 2. The van der Waals surface area contributed by atoms with E-state index in [0.29, 0.717) is 53.8 Å². The molecule has 2 aromatic carbocycles. The number of carbonyl (C=O) groups excluding carboxylic acids is 2. The Labute approximate surface area is 228 Å². The van der Waals surface area contributed by atoms with Gasteiger partial charge in [-0.05, 0) is 37.8 Å². The van der Waals surface area contributed by atoms with Gasteiger partial charge in [-0.1, -0.05) is 0 Å². The SMILES string of the molecule is COc1cc2c(cc1OCCCOc1cc3c(cc1OC)C(=O)N1CCC[C@H]1CN3)NC[C@@H]1CCCN1C2=O.